The quantitative estimate of drug-likeness (QED) is 0.207. The first-order valence-electron chi connectivity index (χ1n) is 0.200. The summed E-state index contributed by atoms with van der Waals surface area (Å²) in [6, 6.07) is 0. The van der Waals surface area contributed by atoms with Crippen LogP contribution in [0.3, 0.4) is 0 Å². The third-order valence-electron chi connectivity index (χ3n) is 0. The van der Waals surface area contributed by atoms with Gasteiger partial charge in [0.25, 0.3) is 0 Å². The molecule has 4 heavy (non-hydrogen) atoms. The number of hydrogen-bond acceptors (Lipinski definition) is 2. The fourth-order valence-electron chi connectivity index (χ4n) is 0. The molecular formula is H6Mg2O2. The molecule has 0 radical (unpaired) electrons. The van der Waals surface area contributed by atoms with Crippen molar-refractivity contribution >= 4 is 46.1 Å². The minimum absolute atomic E-state index is 0. The Morgan fingerprint density at radius 1 is 0.750 bits per heavy atom. The van der Waals surface area contributed by atoms with Crippen LogP contribution in [0.5, 0.6) is 0 Å². The van der Waals surface area contributed by atoms with Crippen molar-refractivity contribution in [2.24, 2.45) is 0 Å². The summed E-state index contributed by atoms with van der Waals surface area (Å²) in [6.45, 7) is 0. The molecule has 2 N–H and O–H groups in total. The summed E-state index contributed by atoms with van der Waals surface area (Å²) in [5.41, 5.74) is 0. The Morgan fingerprint density at radius 2 is 0.750 bits per heavy atom. The van der Waals surface area contributed by atoms with Gasteiger partial charge in [0.15, 0.2) is 0 Å². The first-order chi connectivity index (χ1) is 1.00. The van der Waals surface area contributed by atoms with Crippen LogP contribution in [-0.2, 0) is 0 Å². The van der Waals surface area contributed by atoms with Crippen LogP contribution >= 0.6 is 0 Å². The van der Waals surface area contributed by atoms with Crippen molar-refractivity contribution in [2.45, 2.75) is 0 Å². The Bertz CT molecular complexity index is 4.00. The molecule has 22 valence electrons. The van der Waals surface area contributed by atoms with E-state index in [1.807, 2.05) is 0 Å². The summed E-state index contributed by atoms with van der Waals surface area (Å²) >= 11 is 0. The molecule has 2 nitrogen and oxygen atoms in total. The zero-order valence-electron chi connectivity index (χ0n) is 0.894. The van der Waals surface area contributed by atoms with Crippen LogP contribution in [0.2, 0.25) is 0 Å². The average molecular weight is 86.7 g/mol. The highest BCUT2D eigenvalue weighted by atomic mass is 24.3. The van der Waals surface area contributed by atoms with E-state index >= 15 is 0 Å². The smallest absolute Gasteiger partial charge is 0.255 e. The maximum Gasteiger partial charge on any atom is 0.316 e. The Kier molecular flexibility index (Phi) is 113. The van der Waals surface area contributed by atoms with Gasteiger partial charge in [0.1, 0.15) is 0 Å². The Hall–Kier alpha value is 1.45. The summed E-state index contributed by atoms with van der Waals surface area (Å²) in [5, 5.41) is 12.0. The lowest BCUT2D eigenvalue weighted by atomic mass is 15.0. The Labute approximate surface area is 56.4 Å². The molecule has 0 atom stereocenters. The zero-order chi connectivity index (χ0) is 2.00. The van der Waals surface area contributed by atoms with Crippen LogP contribution in [0, 0.1) is 0 Å². The predicted molar refractivity (Wildman–Crippen MR) is 22.3 cm³/mol. The van der Waals surface area contributed by atoms with Crippen LogP contribution in [0.15, 0.2) is 0 Å². The first kappa shape index (κ1) is 18.0. The molecule has 0 heterocycles. The molecule has 0 aliphatic carbocycles. The molecule has 0 rings (SSSR count). The van der Waals surface area contributed by atoms with Crippen LogP contribution in [0.1, 0.15) is 0 Å². The molecule has 0 aromatic rings. The summed E-state index contributed by atoms with van der Waals surface area (Å²) in [5.74, 6) is 0. The molecule has 0 saturated carbocycles. The molecule has 0 aromatic carbocycles. The van der Waals surface area contributed by atoms with Crippen LogP contribution < -0.4 is 0 Å². The van der Waals surface area contributed by atoms with Crippen molar-refractivity contribution in [2.75, 3.05) is 0 Å². The van der Waals surface area contributed by atoms with Gasteiger partial charge in [-0.3, -0.25) is 10.5 Å². The molecule has 0 aliphatic rings. The fourth-order valence-corrected chi connectivity index (χ4v) is 0. The van der Waals surface area contributed by atoms with Gasteiger partial charge >= 0.3 is 46.1 Å². The number of hydrogen-bond donors (Lipinski definition) is 2. The number of rotatable bonds is 0. The summed E-state index contributed by atoms with van der Waals surface area (Å²) in [7, 11) is 0. The van der Waals surface area contributed by atoms with Gasteiger partial charge in [-0.2, -0.15) is 0 Å². The lowest BCUT2D eigenvalue weighted by Gasteiger charge is -1.25. The van der Waals surface area contributed by atoms with Gasteiger partial charge in [-0.1, -0.05) is 0 Å². The highest BCUT2D eigenvalue weighted by Gasteiger charge is 0.745. The maximum atomic E-state index is 6.00. The third-order valence-corrected chi connectivity index (χ3v) is 0. The fraction of sp³-hybridized carbons (Fsp3) is 0. The van der Waals surface area contributed by atoms with E-state index in [1.165, 1.54) is 0 Å². The normalized spacial score (nSPS) is 1.50. The van der Waals surface area contributed by atoms with Crippen molar-refractivity contribution in [1.82, 2.24) is 0 Å². The minimum atomic E-state index is 0. The predicted octanol–water partition coefficient (Wildman–Crippen LogP) is -1.82. The molecule has 0 spiro atoms. The molecule has 0 bridgehead atoms. The van der Waals surface area contributed by atoms with Gasteiger partial charge in [0.2, 0.25) is 0 Å². The molecular weight excluding hydrogens is 80.6 g/mol. The van der Waals surface area contributed by atoms with Gasteiger partial charge in [-0.05, 0) is 0 Å². The summed E-state index contributed by atoms with van der Waals surface area (Å²) in [4.78, 5) is 0. The van der Waals surface area contributed by atoms with Crippen molar-refractivity contribution in [3.63, 3.8) is 0 Å². The molecule has 0 fully saturated rings. The molecule has 0 aromatic heterocycles. The van der Waals surface area contributed by atoms with E-state index in [9.17, 15) is 0 Å². The SMILES string of the molecule is OO.[MgH2].[MgH2]. The van der Waals surface area contributed by atoms with Crippen molar-refractivity contribution in [3.8, 4) is 0 Å². The van der Waals surface area contributed by atoms with Crippen LogP contribution in [-0.4, -0.2) is 56.6 Å². The second kappa shape index (κ2) is 25.2. The lowest BCUT2D eigenvalue weighted by molar-refractivity contribution is -0.176. The topological polar surface area (TPSA) is 40.5 Å². The van der Waals surface area contributed by atoms with Gasteiger partial charge in [-0.15, -0.1) is 0 Å². The van der Waals surface area contributed by atoms with Crippen molar-refractivity contribution < 1.29 is 10.5 Å². The highest BCUT2D eigenvalue weighted by molar-refractivity contribution is 5.76. The average Bonchev–Trinajstić information content (AvgIpc) is 1.00. The Morgan fingerprint density at radius 3 is 0.750 bits per heavy atom. The highest BCUT2D eigenvalue weighted by Crippen LogP contribution is 0.711. The molecule has 4 heteroatoms. The van der Waals surface area contributed by atoms with E-state index in [0.717, 1.165) is 0 Å². The van der Waals surface area contributed by atoms with Crippen molar-refractivity contribution in [3.05, 3.63) is 0 Å². The first-order valence-corrected chi connectivity index (χ1v) is 0.200. The Balaban J connectivity index is -0.00000000500. The maximum absolute atomic E-state index is 6.00. The molecule has 0 unspecified atom stereocenters. The largest absolute Gasteiger partial charge is 0.316 e. The summed E-state index contributed by atoms with van der Waals surface area (Å²) in [6.07, 6.45) is 0. The van der Waals surface area contributed by atoms with Crippen LogP contribution in [0.4, 0.5) is 0 Å². The molecule has 0 amide bonds. The summed E-state index contributed by atoms with van der Waals surface area (Å²) < 4.78 is 0. The molecule has 0 saturated heterocycles. The van der Waals surface area contributed by atoms with E-state index in [2.05, 4.69) is 0 Å². The van der Waals surface area contributed by atoms with E-state index in [-0.39, 0.29) is 46.1 Å². The minimum Gasteiger partial charge on any atom is -0.255 e. The second-order valence-corrected chi connectivity index (χ2v) is 0. The van der Waals surface area contributed by atoms with Gasteiger partial charge < -0.3 is 0 Å². The van der Waals surface area contributed by atoms with Gasteiger partial charge in [0, 0.05) is 0 Å². The monoisotopic (exact) mass is 86.0 g/mol. The second-order valence-electron chi connectivity index (χ2n) is 0. The third kappa shape index (κ3) is 9.84. The molecule has 0 aliphatic heterocycles. The zero-order valence-corrected chi connectivity index (χ0v) is 0.894. The van der Waals surface area contributed by atoms with E-state index in [0.29, 0.717) is 0 Å². The van der Waals surface area contributed by atoms with Crippen LogP contribution in [0.25, 0.3) is 0 Å². The van der Waals surface area contributed by atoms with Gasteiger partial charge in [-0.25, -0.2) is 0 Å². The van der Waals surface area contributed by atoms with E-state index in [4.69, 9.17) is 10.5 Å². The van der Waals surface area contributed by atoms with Gasteiger partial charge in [0.05, 0.1) is 0 Å². The standard InChI is InChI=1S/2Mg.H2O2.4H/c;;1-2;;;;/h;;1-2H;;;;. The lowest BCUT2D eigenvalue weighted by Crippen LogP contribution is -1.29. The van der Waals surface area contributed by atoms with E-state index < -0.39 is 0 Å². The van der Waals surface area contributed by atoms with E-state index in [1.54, 1.807) is 0 Å². The van der Waals surface area contributed by atoms with Crippen molar-refractivity contribution in [1.29, 1.82) is 0 Å².